The Morgan fingerprint density at radius 2 is 2.06 bits per heavy atom. The third kappa shape index (κ3) is 3.26. The van der Waals surface area contributed by atoms with Crippen LogP contribution in [-0.4, -0.2) is 30.5 Å². The van der Waals surface area contributed by atoms with Gasteiger partial charge in [0.1, 0.15) is 0 Å². The molecule has 2 N–H and O–H groups in total. The van der Waals surface area contributed by atoms with Crippen LogP contribution >= 0.6 is 0 Å². The van der Waals surface area contributed by atoms with Crippen molar-refractivity contribution in [3.05, 3.63) is 12.2 Å². The van der Waals surface area contributed by atoms with Crippen molar-refractivity contribution in [2.45, 2.75) is 38.5 Å². The molecule has 1 atom stereocenters. The summed E-state index contributed by atoms with van der Waals surface area (Å²) in [4.78, 5) is 6.80. The molecule has 0 aromatic heterocycles. The Labute approximate surface area is 98.4 Å². The SMILES string of the molecule is NC(=NCC1CC=CCC1)N1CCCCC1. The Kier molecular flexibility index (Phi) is 4.25. The van der Waals surface area contributed by atoms with Crippen molar-refractivity contribution in [1.29, 1.82) is 0 Å². The molecule has 2 aliphatic rings. The van der Waals surface area contributed by atoms with Gasteiger partial charge in [0.15, 0.2) is 5.96 Å². The minimum absolute atomic E-state index is 0.716. The normalized spacial score (nSPS) is 27.1. The predicted molar refractivity (Wildman–Crippen MR) is 68.4 cm³/mol. The van der Waals surface area contributed by atoms with E-state index in [4.69, 9.17) is 5.73 Å². The van der Waals surface area contributed by atoms with Gasteiger partial charge in [0, 0.05) is 19.6 Å². The highest BCUT2D eigenvalue weighted by Crippen LogP contribution is 2.18. The lowest BCUT2D eigenvalue weighted by atomic mass is 9.95. The number of piperidine rings is 1. The van der Waals surface area contributed by atoms with E-state index >= 15 is 0 Å². The van der Waals surface area contributed by atoms with Gasteiger partial charge in [0.25, 0.3) is 0 Å². The Morgan fingerprint density at radius 1 is 1.25 bits per heavy atom. The molecule has 3 heteroatoms. The molecule has 16 heavy (non-hydrogen) atoms. The minimum Gasteiger partial charge on any atom is -0.370 e. The molecule has 1 saturated heterocycles. The molecule has 0 radical (unpaired) electrons. The van der Waals surface area contributed by atoms with E-state index < -0.39 is 0 Å². The number of rotatable bonds is 2. The summed E-state index contributed by atoms with van der Waals surface area (Å²) in [5.41, 5.74) is 6.02. The summed E-state index contributed by atoms with van der Waals surface area (Å²) in [7, 11) is 0. The second-order valence-electron chi connectivity index (χ2n) is 4.90. The molecule has 1 aliphatic heterocycles. The minimum atomic E-state index is 0.716. The Balaban J connectivity index is 1.78. The smallest absolute Gasteiger partial charge is 0.191 e. The molecule has 0 saturated carbocycles. The fraction of sp³-hybridized carbons (Fsp3) is 0.769. The third-order valence-electron chi connectivity index (χ3n) is 3.57. The van der Waals surface area contributed by atoms with Crippen molar-refractivity contribution in [3.63, 3.8) is 0 Å². The van der Waals surface area contributed by atoms with Gasteiger partial charge >= 0.3 is 0 Å². The highest BCUT2D eigenvalue weighted by Gasteiger charge is 2.13. The van der Waals surface area contributed by atoms with E-state index in [1.54, 1.807) is 0 Å². The molecule has 3 nitrogen and oxygen atoms in total. The average Bonchev–Trinajstić information content (AvgIpc) is 2.38. The van der Waals surface area contributed by atoms with Crippen LogP contribution in [0, 0.1) is 5.92 Å². The Morgan fingerprint density at radius 3 is 2.75 bits per heavy atom. The van der Waals surface area contributed by atoms with Crippen molar-refractivity contribution >= 4 is 5.96 Å². The largest absolute Gasteiger partial charge is 0.370 e. The summed E-state index contributed by atoms with van der Waals surface area (Å²) in [6.45, 7) is 3.10. The molecule has 0 spiro atoms. The number of nitrogens with two attached hydrogens (primary N) is 1. The molecule has 0 aromatic carbocycles. The lowest BCUT2D eigenvalue weighted by molar-refractivity contribution is 0.336. The number of guanidine groups is 1. The predicted octanol–water partition coefficient (Wildman–Crippen LogP) is 2.14. The van der Waals surface area contributed by atoms with Gasteiger partial charge < -0.3 is 10.6 Å². The van der Waals surface area contributed by atoms with Crippen LogP contribution in [-0.2, 0) is 0 Å². The van der Waals surface area contributed by atoms with Gasteiger partial charge in [-0.3, -0.25) is 4.99 Å². The number of nitrogens with zero attached hydrogens (tertiary/aromatic N) is 2. The van der Waals surface area contributed by atoms with Gasteiger partial charge in [-0.15, -0.1) is 0 Å². The second-order valence-corrected chi connectivity index (χ2v) is 4.90. The standard InChI is InChI=1S/C13H23N3/c14-13(16-9-5-2-6-10-16)15-11-12-7-3-1-4-8-12/h1,3,12H,2,4-11H2,(H2,14,15). The number of aliphatic imine (C=N–C) groups is 1. The lowest BCUT2D eigenvalue weighted by Gasteiger charge is -2.28. The molecule has 90 valence electrons. The maximum Gasteiger partial charge on any atom is 0.191 e. The van der Waals surface area contributed by atoms with E-state index in [2.05, 4.69) is 22.0 Å². The number of hydrogen-bond donors (Lipinski definition) is 1. The highest BCUT2D eigenvalue weighted by molar-refractivity contribution is 5.78. The number of hydrogen-bond acceptors (Lipinski definition) is 1. The summed E-state index contributed by atoms with van der Waals surface area (Å²) in [6.07, 6.45) is 12.1. The topological polar surface area (TPSA) is 41.6 Å². The van der Waals surface area contributed by atoms with Gasteiger partial charge in [0.05, 0.1) is 0 Å². The zero-order chi connectivity index (χ0) is 11.2. The van der Waals surface area contributed by atoms with Crippen molar-refractivity contribution < 1.29 is 0 Å². The van der Waals surface area contributed by atoms with Crippen molar-refractivity contribution in [3.8, 4) is 0 Å². The van der Waals surface area contributed by atoms with E-state index in [1.807, 2.05) is 0 Å². The summed E-state index contributed by atoms with van der Waals surface area (Å²) >= 11 is 0. The van der Waals surface area contributed by atoms with Gasteiger partial charge in [-0.1, -0.05) is 12.2 Å². The van der Waals surface area contributed by atoms with Gasteiger partial charge in [-0.2, -0.15) is 0 Å². The Bertz CT molecular complexity index is 264. The summed E-state index contributed by atoms with van der Waals surface area (Å²) in [5.74, 6) is 1.49. The fourth-order valence-electron chi connectivity index (χ4n) is 2.47. The van der Waals surface area contributed by atoms with E-state index in [9.17, 15) is 0 Å². The first-order valence-corrected chi connectivity index (χ1v) is 6.56. The molecular weight excluding hydrogens is 198 g/mol. The maximum absolute atomic E-state index is 6.02. The van der Waals surface area contributed by atoms with Crippen LogP contribution in [0.15, 0.2) is 17.1 Å². The first kappa shape index (κ1) is 11.5. The van der Waals surface area contributed by atoms with Crippen LogP contribution < -0.4 is 5.73 Å². The van der Waals surface area contributed by atoms with Crippen LogP contribution in [0.25, 0.3) is 0 Å². The molecule has 0 aromatic rings. The molecule has 2 rings (SSSR count). The van der Waals surface area contributed by atoms with E-state index in [-0.39, 0.29) is 0 Å². The van der Waals surface area contributed by atoms with Crippen LogP contribution in [0.3, 0.4) is 0 Å². The van der Waals surface area contributed by atoms with E-state index in [0.717, 1.165) is 25.6 Å². The zero-order valence-corrected chi connectivity index (χ0v) is 10.1. The lowest BCUT2D eigenvalue weighted by Crippen LogP contribution is -2.41. The molecular formula is C13H23N3. The molecule has 1 aliphatic carbocycles. The van der Waals surface area contributed by atoms with Crippen LogP contribution in [0.4, 0.5) is 0 Å². The van der Waals surface area contributed by atoms with Crippen LogP contribution in [0.1, 0.15) is 38.5 Å². The van der Waals surface area contributed by atoms with Crippen LogP contribution in [0.2, 0.25) is 0 Å². The summed E-state index contributed by atoms with van der Waals surface area (Å²) in [5, 5.41) is 0. The van der Waals surface area contributed by atoms with Crippen molar-refractivity contribution in [2.75, 3.05) is 19.6 Å². The fourth-order valence-corrected chi connectivity index (χ4v) is 2.47. The van der Waals surface area contributed by atoms with Crippen molar-refractivity contribution in [1.82, 2.24) is 4.90 Å². The average molecular weight is 221 g/mol. The zero-order valence-electron chi connectivity index (χ0n) is 10.1. The number of allylic oxidation sites excluding steroid dienone is 2. The summed E-state index contributed by atoms with van der Waals surface area (Å²) < 4.78 is 0. The Hall–Kier alpha value is -0.990. The van der Waals surface area contributed by atoms with Gasteiger partial charge in [-0.25, -0.2) is 0 Å². The van der Waals surface area contributed by atoms with Crippen molar-refractivity contribution in [2.24, 2.45) is 16.6 Å². The van der Waals surface area contributed by atoms with Gasteiger partial charge in [-0.05, 0) is 44.4 Å². The first-order valence-electron chi connectivity index (χ1n) is 6.56. The third-order valence-corrected chi connectivity index (χ3v) is 3.57. The summed E-state index contributed by atoms with van der Waals surface area (Å²) in [6, 6.07) is 0. The van der Waals surface area contributed by atoms with E-state index in [1.165, 1.54) is 38.5 Å². The second kappa shape index (κ2) is 5.92. The highest BCUT2D eigenvalue weighted by atomic mass is 15.2. The quantitative estimate of drug-likeness (QED) is 0.441. The van der Waals surface area contributed by atoms with E-state index in [0.29, 0.717) is 5.92 Å². The molecule has 1 heterocycles. The molecule has 1 unspecified atom stereocenters. The monoisotopic (exact) mass is 221 g/mol. The molecule has 0 amide bonds. The first-order chi connectivity index (χ1) is 7.86. The van der Waals surface area contributed by atoms with Gasteiger partial charge in [0.2, 0.25) is 0 Å². The molecule has 0 bridgehead atoms. The molecule has 1 fully saturated rings. The number of likely N-dealkylation sites (tertiary alicyclic amines) is 1. The maximum atomic E-state index is 6.02. The van der Waals surface area contributed by atoms with Crippen LogP contribution in [0.5, 0.6) is 0 Å².